The number of terminal acetylenes is 1. The molecule has 2 N–H and O–H groups in total. The monoisotopic (exact) mass is 473 g/mol. The van der Waals surface area contributed by atoms with E-state index in [0.29, 0.717) is 24.7 Å². The van der Waals surface area contributed by atoms with Gasteiger partial charge >= 0.3 is 0 Å². The molecule has 0 spiro atoms. The maximum absolute atomic E-state index is 14.5. The van der Waals surface area contributed by atoms with Crippen molar-refractivity contribution in [3.05, 3.63) is 29.6 Å². The summed E-state index contributed by atoms with van der Waals surface area (Å²) in [5, 5.41) is 6.14. The first kappa shape index (κ1) is 22.5. The highest BCUT2D eigenvalue weighted by atomic mass is 127. The Labute approximate surface area is 173 Å². The molecular formula is C19H29FIN5. The molecule has 1 aliphatic heterocycles. The van der Waals surface area contributed by atoms with Gasteiger partial charge < -0.3 is 20.4 Å². The Kier molecular flexibility index (Phi) is 10.4. The van der Waals surface area contributed by atoms with E-state index in [9.17, 15) is 4.39 Å². The summed E-state index contributed by atoms with van der Waals surface area (Å²) < 4.78 is 14.5. The minimum absolute atomic E-state index is 0. The molecule has 1 aromatic carbocycles. The highest BCUT2D eigenvalue weighted by Gasteiger charge is 2.18. The van der Waals surface area contributed by atoms with Gasteiger partial charge in [-0.3, -0.25) is 0 Å². The van der Waals surface area contributed by atoms with Gasteiger partial charge in [0.15, 0.2) is 5.96 Å². The summed E-state index contributed by atoms with van der Waals surface area (Å²) in [7, 11) is 0. The standard InChI is InChI=1S/C19H28FN5.HI/c1-4-9-22-19(21-5-2)23-15-16-7-8-18(17(20)14-16)25-12-10-24(6-3)11-13-25;/h1,7-8,14H,5-6,9-13,15H2,2-3H3,(H2,21,22,23);1H. The summed E-state index contributed by atoms with van der Waals surface area (Å²) in [5.41, 5.74) is 1.52. The lowest BCUT2D eigenvalue weighted by Gasteiger charge is -2.35. The van der Waals surface area contributed by atoms with Gasteiger partial charge in [-0.15, -0.1) is 30.4 Å². The number of nitrogens with one attached hydrogen (secondary N) is 2. The fourth-order valence-corrected chi connectivity index (χ4v) is 2.86. The molecule has 144 valence electrons. The number of anilines is 1. The predicted octanol–water partition coefficient (Wildman–Crippen LogP) is 2.27. The van der Waals surface area contributed by atoms with Gasteiger partial charge in [0.1, 0.15) is 5.82 Å². The molecule has 0 unspecified atom stereocenters. The maximum atomic E-state index is 14.5. The maximum Gasteiger partial charge on any atom is 0.192 e. The van der Waals surface area contributed by atoms with Crippen molar-refractivity contribution in [2.75, 3.05) is 50.7 Å². The number of rotatable bonds is 6. The zero-order valence-electron chi connectivity index (χ0n) is 15.6. The molecule has 1 fully saturated rings. The van der Waals surface area contributed by atoms with Crippen molar-refractivity contribution in [2.45, 2.75) is 20.4 Å². The summed E-state index contributed by atoms with van der Waals surface area (Å²) in [6, 6.07) is 5.39. The van der Waals surface area contributed by atoms with E-state index in [1.807, 2.05) is 19.1 Å². The molecule has 0 bridgehead atoms. The van der Waals surface area contributed by atoms with Crippen LogP contribution in [0.5, 0.6) is 0 Å². The predicted molar refractivity (Wildman–Crippen MR) is 118 cm³/mol. The third-order valence-electron chi connectivity index (χ3n) is 4.29. The zero-order valence-corrected chi connectivity index (χ0v) is 17.9. The molecule has 1 heterocycles. The molecule has 2 rings (SSSR count). The Morgan fingerprint density at radius 1 is 1.23 bits per heavy atom. The second kappa shape index (κ2) is 12.0. The number of aliphatic imine (C=N–C) groups is 1. The molecule has 0 radical (unpaired) electrons. The molecule has 1 aliphatic rings. The quantitative estimate of drug-likeness (QED) is 0.288. The van der Waals surface area contributed by atoms with E-state index in [0.717, 1.165) is 44.8 Å². The molecule has 0 aliphatic carbocycles. The summed E-state index contributed by atoms with van der Waals surface area (Å²) in [6.45, 7) is 10.4. The number of likely N-dealkylation sites (N-methyl/N-ethyl adjacent to an activating group) is 1. The molecule has 1 aromatic rings. The van der Waals surface area contributed by atoms with E-state index >= 15 is 0 Å². The normalized spacial score (nSPS) is 15.2. The fourth-order valence-electron chi connectivity index (χ4n) is 2.86. The van der Waals surface area contributed by atoms with Gasteiger partial charge in [0.25, 0.3) is 0 Å². The van der Waals surface area contributed by atoms with Crippen LogP contribution in [0, 0.1) is 18.2 Å². The minimum Gasteiger partial charge on any atom is -0.367 e. The first-order chi connectivity index (χ1) is 12.2. The Bertz CT molecular complexity index is 621. The first-order valence-corrected chi connectivity index (χ1v) is 8.89. The van der Waals surface area contributed by atoms with E-state index in [4.69, 9.17) is 6.42 Å². The second-order valence-corrected chi connectivity index (χ2v) is 5.96. The van der Waals surface area contributed by atoms with Crippen molar-refractivity contribution in [3.63, 3.8) is 0 Å². The van der Waals surface area contributed by atoms with Crippen LogP contribution in [0.3, 0.4) is 0 Å². The third kappa shape index (κ3) is 6.65. The van der Waals surface area contributed by atoms with E-state index in [1.54, 1.807) is 6.07 Å². The summed E-state index contributed by atoms with van der Waals surface area (Å²) in [4.78, 5) is 8.93. The number of benzene rings is 1. The van der Waals surface area contributed by atoms with Crippen molar-refractivity contribution in [1.29, 1.82) is 0 Å². The van der Waals surface area contributed by atoms with Gasteiger partial charge in [-0.1, -0.05) is 18.9 Å². The average Bonchev–Trinajstić information content (AvgIpc) is 2.64. The van der Waals surface area contributed by atoms with Gasteiger partial charge in [-0.25, -0.2) is 9.38 Å². The van der Waals surface area contributed by atoms with Crippen molar-refractivity contribution >= 4 is 35.6 Å². The Balaban J connectivity index is 0.00000338. The number of hydrogen-bond acceptors (Lipinski definition) is 3. The number of piperazine rings is 1. The van der Waals surface area contributed by atoms with E-state index in [-0.39, 0.29) is 29.8 Å². The highest BCUT2D eigenvalue weighted by molar-refractivity contribution is 14.0. The number of guanidine groups is 1. The van der Waals surface area contributed by atoms with Crippen LogP contribution >= 0.6 is 24.0 Å². The van der Waals surface area contributed by atoms with Crippen molar-refractivity contribution in [2.24, 2.45) is 4.99 Å². The molecule has 0 atom stereocenters. The first-order valence-electron chi connectivity index (χ1n) is 8.89. The van der Waals surface area contributed by atoms with E-state index in [2.05, 4.69) is 38.3 Å². The van der Waals surface area contributed by atoms with Gasteiger partial charge in [-0.05, 0) is 31.2 Å². The molecule has 0 amide bonds. The summed E-state index contributed by atoms with van der Waals surface area (Å²) in [6.07, 6.45) is 5.25. The lowest BCUT2D eigenvalue weighted by molar-refractivity contribution is 0.270. The molecule has 0 aromatic heterocycles. The topological polar surface area (TPSA) is 42.9 Å². The lowest BCUT2D eigenvalue weighted by atomic mass is 10.1. The smallest absolute Gasteiger partial charge is 0.192 e. The molecule has 1 saturated heterocycles. The van der Waals surface area contributed by atoms with Crippen LogP contribution < -0.4 is 15.5 Å². The fraction of sp³-hybridized carbons (Fsp3) is 0.526. The van der Waals surface area contributed by atoms with Crippen molar-refractivity contribution in [1.82, 2.24) is 15.5 Å². The van der Waals surface area contributed by atoms with Crippen LogP contribution in [0.2, 0.25) is 0 Å². The largest absolute Gasteiger partial charge is 0.367 e. The minimum atomic E-state index is -0.181. The SMILES string of the molecule is C#CCNC(=NCc1ccc(N2CCN(CC)CC2)c(F)c1)NCC.I. The van der Waals surface area contributed by atoms with Crippen LogP contribution in [-0.4, -0.2) is 56.7 Å². The van der Waals surface area contributed by atoms with Gasteiger partial charge in [-0.2, -0.15) is 0 Å². The Morgan fingerprint density at radius 2 is 1.96 bits per heavy atom. The van der Waals surface area contributed by atoms with E-state index in [1.165, 1.54) is 0 Å². The van der Waals surface area contributed by atoms with Crippen molar-refractivity contribution in [3.8, 4) is 12.3 Å². The zero-order chi connectivity index (χ0) is 18.1. The number of hydrogen-bond donors (Lipinski definition) is 2. The van der Waals surface area contributed by atoms with Gasteiger partial charge in [0.05, 0.1) is 18.8 Å². The molecule has 26 heavy (non-hydrogen) atoms. The Morgan fingerprint density at radius 3 is 2.54 bits per heavy atom. The molecule has 7 heteroatoms. The van der Waals surface area contributed by atoms with Crippen LogP contribution in [-0.2, 0) is 6.54 Å². The highest BCUT2D eigenvalue weighted by Crippen LogP contribution is 2.22. The van der Waals surface area contributed by atoms with Gasteiger partial charge in [0, 0.05) is 32.7 Å². The van der Waals surface area contributed by atoms with Crippen LogP contribution in [0.1, 0.15) is 19.4 Å². The number of nitrogens with zero attached hydrogens (tertiary/aromatic N) is 3. The average molecular weight is 473 g/mol. The Hall–Kier alpha value is -1.53. The van der Waals surface area contributed by atoms with E-state index < -0.39 is 0 Å². The molecule has 0 saturated carbocycles. The molecule has 5 nitrogen and oxygen atoms in total. The van der Waals surface area contributed by atoms with Gasteiger partial charge in [0.2, 0.25) is 0 Å². The van der Waals surface area contributed by atoms with Crippen LogP contribution in [0.15, 0.2) is 23.2 Å². The second-order valence-electron chi connectivity index (χ2n) is 5.96. The number of halogens is 2. The lowest BCUT2D eigenvalue weighted by Crippen LogP contribution is -2.46. The molecular weight excluding hydrogens is 444 g/mol. The van der Waals surface area contributed by atoms with Crippen LogP contribution in [0.4, 0.5) is 10.1 Å². The third-order valence-corrected chi connectivity index (χ3v) is 4.29. The van der Waals surface area contributed by atoms with Crippen LogP contribution in [0.25, 0.3) is 0 Å². The summed E-state index contributed by atoms with van der Waals surface area (Å²) >= 11 is 0. The summed E-state index contributed by atoms with van der Waals surface area (Å²) in [5.74, 6) is 2.97. The van der Waals surface area contributed by atoms with Crippen molar-refractivity contribution < 1.29 is 4.39 Å².